The van der Waals surface area contributed by atoms with Gasteiger partial charge in [-0.25, -0.2) is 0 Å². The summed E-state index contributed by atoms with van der Waals surface area (Å²) >= 11 is 3.54. The minimum absolute atomic E-state index is 0.0528. The van der Waals surface area contributed by atoms with Gasteiger partial charge >= 0.3 is 0 Å². The highest BCUT2D eigenvalue weighted by molar-refractivity contribution is 9.10. The highest BCUT2D eigenvalue weighted by Crippen LogP contribution is 2.49. The first-order valence-corrected chi connectivity index (χ1v) is 9.18. The van der Waals surface area contributed by atoms with E-state index in [-0.39, 0.29) is 23.3 Å². The van der Waals surface area contributed by atoms with E-state index in [0.29, 0.717) is 11.8 Å². The van der Waals surface area contributed by atoms with E-state index in [1.165, 1.54) is 18.4 Å². The van der Waals surface area contributed by atoms with Gasteiger partial charge in [-0.15, -0.1) is 0 Å². The van der Waals surface area contributed by atoms with Crippen LogP contribution >= 0.6 is 15.9 Å². The Morgan fingerprint density at radius 3 is 2.73 bits per heavy atom. The molecule has 0 aliphatic heterocycles. The van der Waals surface area contributed by atoms with Crippen LogP contribution in [0.2, 0.25) is 0 Å². The Morgan fingerprint density at radius 1 is 1.32 bits per heavy atom. The molecular formula is C18H23BrN2O. The van der Waals surface area contributed by atoms with Gasteiger partial charge < -0.3 is 11.1 Å². The van der Waals surface area contributed by atoms with Gasteiger partial charge in [0.2, 0.25) is 5.91 Å². The van der Waals surface area contributed by atoms with E-state index in [0.717, 1.165) is 30.3 Å². The average molecular weight is 363 g/mol. The van der Waals surface area contributed by atoms with Crippen molar-refractivity contribution in [2.45, 2.75) is 43.6 Å². The molecule has 4 atom stereocenters. The Labute approximate surface area is 140 Å². The maximum absolute atomic E-state index is 12.6. The van der Waals surface area contributed by atoms with Crippen LogP contribution in [0.5, 0.6) is 0 Å². The van der Waals surface area contributed by atoms with E-state index in [1.807, 2.05) is 6.07 Å². The van der Waals surface area contributed by atoms with Crippen molar-refractivity contribution in [2.75, 3.05) is 6.54 Å². The number of benzene rings is 1. The number of rotatable bonds is 4. The average Bonchev–Trinajstić information content (AvgIpc) is 3.05. The van der Waals surface area contributed by atoms with E-state index in [9.17, 15) is 4.79 Å². The highest BCUT2D eigenvalue weighted by Gasteiger charge is 2.50. The standard InChI is InChI=1S/C18H23BrN2O/c19-14-3-1-2-13(9-14)18(6-7-18)10-21-17(22)15-11-4-5-12(8-11)16(15)20/h1-3,9,11-12,15-16H,4-8,10,20H2,(H,21,22). The van der Waals surface area contributed by atoms with E-state index >= 15 is 0 Å². The summed E-state index contributed by atoms with van der Waals surface area (Å²) in [6.45, 7) is 0.753. The van der Waals surface area contributed by atoms with Gasteiger partial charge in [-0.1, -0.05) is 28.1 Å². The fourth-order valence-corrected chi connectivity index (χ4v) is 5.03. The van der Waals surface area contributed by atoms with E-state index in [2.05, 4.69) is 39.4 Å². The largest absolute Gasteiger partial charge is 0.355 e. The molecule has 1 aromatic carbocycles. The molecule has 0 radical (unpaired) electrons. The Balaban J connectivity index is 1.41. The summed E-state index contributed by atoms with van der Waals surface area (Å²) < 4.78 is 1.11. The fourth-order valence-electron chi connectivity index (χ4n) is 4.64. The van der Waals surface area contributed by atoms with Gasteiger partial charge in [0.25, 0.3) is 0 Å². The zero-order valence-electron chi connectivity index (χ0n) is 12.7. The van der Waals surface area contributed by atoms with Crippen LogP contribution in [-0.4, -0.2) is 18.5 Å². The normalized spacial score (nSPS) is 34.6. The summed E-state index contributed by atoms with van der Waals surface area (Å²) in [5, 5.41) is 3.23. The Morgan fingerprint density at radius 2 is 2.09 bits per heavy atom. The quantitative estimate of drug-likeness (QED) is 0.864. The van der Waals surface area contributed by atoms with Gasteiger partial charge in [-0.2, -0.15) is 0 Å². The summed E-state index contributed by atoms with van der Waals surface area (Å²) in [6.07, 6.45) is 5.89. The number of amides is 1. The Kier molecular flexibility index (Phi) is 3.57. The minimum atomic E-state index is 0.0528. The third-order valence-electron chi connectivity index (χ3n) is 6.17. The van der Waals surface area contributed by atoms with Crippen LogP contribution in [-0.2, 0) is 10.2 Å². The number of nitrogens with one attached hydrogen (secondary N) is 1. The van der Waals surface area contributed by atoms with Gasteiger partial charge in [0.15, 0.2) is 0 Å². The lowest BCUT2D eigenvalue weighted by atomic mass is 9.84. The van der Waals surface area contributed by atoms with Crippen molar-refractivity contribution in [2.24, 2.45) is 23.5 Å². The summed E-state index contributed by atoms with van der Waals surface area (Å²) in [5.74, 6) is 1.36. The number of carbonyl (C=O) groups is 1. The van der Waals surface area contributed by atoms with Crippen LogP contribution < -0.4 is 11.1 Å². The second-order valence-corrected chi connectivity index (χ2v) is 8.36. The zero-order chi connectivity index (χ0) is 15.3. The minimum Gasteiger partial charge on any atom is -0.355 e. The number of hydrogen-bond donors (Lipinski definition) is 2. The predicted octanol–water partition coefficient (Wildman–Crippen LogP) is 2.97. The third-order valence-corrected chi connectivity index (χ3v) is 6.67. The van der Waals surface area contributed by atoms with E-state index in [1.54, 1.807) is 0 Å². The lowest BCUT2D eigenvalue weighted by Crippen LogP contribution is -2.46. The second kappa shape index (κ2) is 5.34. The van der Waals surface area contributed by atoms with Crippen molar-refractivity contribution in [3.05, 3.63) is 34.3 Å². The first-order chi connectivity index (χ1) is 10.6. The topological polar surface area (TPSA) is 55.1 Å². The van der Waals surface area contributed by atoms with Crippen LogP contribution in [0.4, 0.5) is 0 Å². The lowest BCUT2D eigenvalue weighted by molar-refractivity contribution is -0.127. The van der Waals surface area contributed by atoms with Gasteiger partial charge in [0.1, 0.15) is 0 Å². The van der Waals surface area contributed by atoms with Crippen molar-refractivity contribution in [1.29, 1.82) is 0 Å². The van der Waals surface area contributed by atoms with E-state index in [4.69, 9.17) is 5.73 Å². The Hall–Kier alpha value is -0.870. The van der Waals surface area contributed by atoms with Crippen molar-refractivity contribution in [3.63, 3.8) is 0 Å². The van der Waals surface area contributed by atoms with E-state index < -0.39 is 0 Å². The lowest BCUT2D eigenvalue weighted by Gasteiger charge is -2.28. The number of fused-ring (bicyclic) bond motifs is 2. The second-order valence-electron chi connectivity index (χ2n) is 7.44. The van der Waals surface area contributed by atoms with Crippen molar-refractivity contribution >= 4 is 21.8 Å². The van der Waals surface area contributed by atoms with Crippen LogP contribution in [0.25, 0.3) is 0 Å². The maximum Gasteiger partial charge on any atom is 0.224 e. The molecule has 1 amide bonds. The predicted molar refractivity (Wildman–Crippen MR) is 90.4 cm³/mol. The van der Waals surface area contributed by atoms with Crippen LogP contribution in [0.3, 0.4) is 0 Å². The highest BCUT2D eigenvalue weighted by atomic mass is 79.9. The number of carbonyl (C=O) groups excluding carboxylic acids is 1. The summed E-state index contributed by atoms with van der Waals surface area (Å²) in [5.41, 5.74) is 7.77. The molecule has 3 aliphatic carbocycles. The van der Waals surface area contributed by atoms with Crippen molar-refractivity contribution in [1.82, 2.24) is 5.32 Å². The molecule has 22 heavy (non-hydrogen) atoms. The number of nitrogens with two attached hydrogens (primary N) is 1. The molecule has 1 aromatic rings. The van der Waals surface area contributed by atoms with Gasteiger partial charge in [0.05, 0.1) is 5.92 Å². The Bertz CT molecular complexity index is 597. The molecule has 4 heteroatoms. The third kappa shape index (κ3) is 2.41. The van der Waals surface area contributed by atoms with Gasteiger partial charge in [0, 0.05) is 22.5 Å². The SMILES string of the molecule is NC1C2CCC(C2)C1C(=O)NCC1(c2cccc(Br)c2)CC1. The van der Waals surface area contributed by atoms with Crippen LogP contribution in [0.15, 0.2) is 28.7 Å². The molecular weight excluding hydrogens is 340 g/mol. The first kappa shape index (κ1) is 14.7. The van der Waals surface area contributed by atoms with Gasteiger partial charge in [-0.3, -0.25) is 4.79 Å². The molecule has 4 unspecified atom stereocenters. The van der Waals surface area contributed by atoms with Gasteiger partial charge in [-0.05, 0) is 61.6 Å². The molecule has 0 aromatic heterocycles. The zero-order valence-corrected chi connectivity index (χ0v) is 14.3. The molecule has 3 fully saturated rings. The molecule has 0 heterocycles. The maximum atomic E-state index is 12.6. The molecule has 118 valence electrons. The molecule has 3 N–H and O–H groups in total. The number of halogens is 1. The molecule has 4 rings (SSSR count). The smallest absolute Gasteiger partial charge is 0.224 e. The van der Waals surface area contributed by atoms with Crippen molar-refractivity contribution < 1.29 is 4.79 Å². The molecule has 2 bridgehead atoms. The molecule has 3 saturated carbocycles. The first-order valence-electron chi connectivity index (χ1n) is 8.38. The summed E-state index contributed by atoms with van der Waals surface area (Å²) in [7, 11) is 0. The van der Waals surface area contributed by atoms with Crippen molar-refractivity contribution in [3.8, 4) is 0 Å². The fraction of sp³-hybridized carbons (Fsp3) is 0.611. The van der Waals surface area contributed by atoms with Crippen LogP contribution in [0, 0.1) is 17.8 Å². The molecule has 0 saturated heterocycles. The molecule has 3 aliphatic rings. The summed E-state index contributed by atoms with van der Waals surface area (Å²) in [6, 6.07) is 8.56. The monoisotopic (exact) mass is 362 g/mol. The van der Waals surface area contributed by atoms with Crippen LogP contribution in [0.1, 0.15) is 37.7 Å². The molecule has 3 nitrogen and oxygen atoms in total. The summed E-state index contributed by atoms with van der Waals surface area (Å²) in [4.78, 5) is 12.6. The number of hydrogen-bond acceptors (Lipinski definition) is 2. The molecule has 0 spiro atoms.